The minimum Gasteiger partial charge on any atom is -0.337 e. The van der Waals surface area contributed by atoms with Gasteiger partial charge in [0, 0.05) is 22.2 Å². The highest BCUT2D eigenvalue weighted by Crippen LogP contribution is 2.26. The molecule has 3 aromatic carbocycles. The molecular formula is C25H22ClN3O2. The van der Waals surface area contributed by atoms with Crippen molar-refractivity contribution in [2.24, 2.45) is 0 Å². The van der Waals surface area contributed by atoms with Gasteiger partial charge in [-0.1, -0.05) is 65.3 Å². The van der Waals surface area contributed by atoms with Gasteiger partial charge in [-0.3, -0.25) is 4.79 Å². The first-order valence-electron chi connectivity index (χ1n) is 10.1. The standard InChI is InChI=1S/C25H22ClN3O2/c1-17(2)29(16-23-27-24(28-31-23)19-12-14-20(26)15-13-19)25(30)22-11-7-6-10-21(22)18-8-4-3-5-9-18/h3-15,17H,16H2,1-2H3. The van der Waals surface area contributed by atoms with Crippen molar-refractivity contribution in [3.8, 4) is 22.5 Å². The second-order valence-electron chi connectivity index (χ2n) is 7.46. The van der Waals surface area contributed by atoms with Crippen LogP contribution >= 0.6 is 11.6 Å². The van der Waals surface area contributed by atoms with E-state index in [4.69, 9.17) is 16.1 Å². The SMILES string of the molecule is CC(C)N(Cc1nc(-c2ccc(Cl)cc2)no1)C(=O)c1ccccc1-c1ccccc1. The van der Waals surface area contributed by atoms with Crippen molar-refractivity contribution in [1.29, 1.82) is 0 Å². The molecule has 1 heterocycles. The Hall–Kier alpha value is -3.44. The van der Waals surface area contributed by atoms with Crippen LogP contribution in [0.5, 0.6) is 0 Å². The van der Waals surface area contributed by atoms with Crippen LogP contribution in [0.4, 0.5) is 0 Å². The van der Waals surface area contributed by atoms with Crippen LogP contribution in [0.2, 0.25) is 5.02 Å². The average Bonchev–Trinajstić information content (AvgIpc) is 3.26. The average molecular weight is 432 g/mol. The van der Waals surface area contributed by atoms with Crippen LogP contribution in [0.1, 0.15) is 30.1 Å². The highest BCUT2D eigenvalue weighted by Gasteiger charge is 2.24. The van der Waals surface area contributed by atoms with Gasteiger partial charge in [-0.05, 0) is 55.3 Å². The number of aromatic nitrogens is 2. The molecule has 1 amide bonds. The van der Waals surface area contributed by atoms with E-state index in [0.717, 1.165) is 16.7 Å². The summed E-state index contributed by atoms with van der Waals surface area (Å²) in [4.78, 5) is 19.7. The highest BCUT2D eigenvalue weighted by atomic mass is 35.5. The summed E-state index contributed by atoms with van der Waals surface area (Å²) in [6.07, 6.45) is 0. The number of carbonyl (C=O) groups is 1. The summed E-state index contributed by atoms with van der Waals surface area (Å²) < 4.78 is 5.44. The second kappa shape index (κ2) is 9.14. The maximum Gasteiger partial charge on any atom is 0.255 e. The molecule has 0 spiro atoms. The topological polar surface area (TPSA) is 59.2 Å². The predicted octanol–water partition coefficient (Wildman–Crippen LogP) is 6.11. The zero-order valence-corrected chi connectivity index (χ0v) is 18.1. The van der Waals surface area contributed by atoms with E-state index in [1.807, 2.05) is 80.6 Å². The number of nitrogens with zero attached hydrogens (tertiary/aromatic N) is 3. The Morgan fingerprint density at radius 1 is 0.935 bits per heavy atom. The van der Waals surface area contributed by atoms with Gasteiger partial charge in [0.05, 0.1) is 0 Å². The lowest BCUT2D eigenvalue weighted by Crippen LogP contribution is -2.36. The molecule has 4 aromatic rings. The first-order valence-corrected chi connectivity index (χ1v) is 10.4. The van der Waals surface area contributed by atoms with Gasteiger partial charge in [-0.15, -0.1) is 0 Å². The van der Waals surface area contributed by atoms with E-state index >= 15 is 0 Å². The summed E-state index contributed by atoms with van der Waals surface area (Å²) in [6.45, 7) is 4.17. The van der Waals surface area contributed by atoms with Gasteiger partial charge < -0.3 is 9.42 Å². The van der Waals surface area contributed by atoms with Gasteiger partial charge in [0.1, 0.15) is 6.54 Å². The summed E-state index contributed by atoms with van der Waals surface area (Å²) in [5.41, 5.74) is 3.33. The molecule has 0 aliphatic heterocycles. The molecule has 6 heteroatoms. The molecule has 0 fully saturated rings. The predicted molar refractivity (Wildman–Crippen MR) is 122 cm³/mol. The molecular weight excluding hydrogens is 410 g/mol. The van der Waals surface area contributed by atoms with E-state index in [2.05, 4.69) is 10.1 Å². The fraction of sp³-hybridized carbons (Fsp3) is 0.160. The van der Waals surface area contributed by atoms with E-state index in [1.165, 1.54) is 0 Å². The lowest BCUT2D eigenvalue weighted by atomic mass is 9.98. The van der Waals surface area contributed by atoms with Crippen LogP contribution in [-0.2, 0) is 6.54 Å². The Bertz CT molecular complexity index is 1170. The fourth-order valence-corrected chi connectivity index (χ4v) is 3.49. The monoisotopic (exact) mass is 431 g/mol. The van der Waals surface area contributed by atoms with Crippen LogP contribution in [0, 0.1) is 0 Å². The molecule has 0 aliphatic carbocycles. The van der Waals surface area contributed by atoms with Crippen LogP contribution in [0.25, 0.3) is 22.5 Å². The van der Waals surface area contributed by atoms with Crippen LogP contribution in [0.3, 0.4) is 0 Å². The fourth-order valence-electron chi connectivity index (χ4n) is 3.36. The molecule has 31 heavy (non-hydrogen) atoms. The largest absolute Gasteiger partial charge is 0.337 e. The Morgan fingerprint density at radius 2 is 1.61 bits per heavy atom. The van der Waals surface area contributed by atoms with Crippen molar-refractivity contribution in [2.45, 2.75) is 26.4 Å². The van der Waals surface area contributed by atoms with E-state index in [0.29, 0.717) is 22.3 Å². The van der Waals surface area contributed by atoms with Crippen LogP contribution < -0.4 is 0 Å². The normalized spacial score (nSPS) is 11.0. The van der Waals surface area contributed by atoms with Crippen molar-refractivity contribution in [3.63, 3.8) is 0 Å². The van der Waals surface area contributed by atoms with Crippen molar-refractivity contribution in [2.75, 3.05) is 0 Å². The lowest BCUT2D eigenvalue weighted by molar-refractivity contribution is 0.0668. The molecule has 0 saturated carbocycles. The summed E-state index contributed by atoms with van der Waals surface area (Å²) in [5, 5.41) is 4.70. The van der Waals surface area contributed by atoms with Gasteiger partial charge in [0.2, 0.25) is 11.7 Å². The number of benzene rings is 3. The quantitative estimate of drug-likeness (QED) is 0.369. The third-order valence-electron chi connectivity index (χ3n) is 5.00. The minimum atomic E-state index is -0.0827. The van der Waals surface area contributed by atoms with Gasteiger partial charge >= 0.3 is 0 Å². The zero-order chi connectivity index (χ0) is 21.8. The second-order valence-corrected chi connectivity index (χ2v) is 7.89. The van der Waals surface area contributed by atoms with Crippen LogP contribution in [-0.4, -0.2) is 27.0 Å². The van der Waals surface area contributed by atoms with Gasteiger partial charge in [-0.25, -0.2) is 0 Å². The number of halogens is 1. The number of carbonyl (C=O) groups excluding carboxylic acids is 1. The third kappa shape index (κ3) is 4.67. The minimum absolute atomic E-state index is 0.0535. The molecule has 156 valence electrons. The van der Waals surface area contributed by atoms with Crippen molar-refractivity contribution < 1.29 is 9.32 Å². The highest BCUT2D eigenvalue weighted by molar-refractivity contribution is 6.30. The Kier molecular flexibility index (Phi) is 6.14. The van der Waals surface area contributed by atoms with Crippen molar-refractivity contribution in [1.82, 2.24) is 15.0 Å². The maximum atomic E-state index is 13.5. The van der Waals surface area contributed by atoms with Crippen LogP contribution in [0.15, 0.2) is 83.4 Å². The Morgan fingerprint density at radius 3 is 2.32 bits per heavy atom. The van der Waals surface area contributed by atoms with E-state index in [9.17, 15) is 4.79 Å². The van der Waals surface area contributed by atoms with Crippen molar-refractivity contribution in [3.05, 3.63) is 95.3 Å². The first kappa shape index (κ1) is 20.8. The first-order chi connectivity index (χ1) is 15.0. The smallest absolute Gasteiger partial charge is 0.255 e. The third-order valence-corrected chi connectivity index (χ3v) is 5.25. The molecule has 0 aliphatic rings. The number of hydrogen-bond acceptors (Lipinski definition) is 4. The zero-order valence-electron chi connectivity index (χ0n) is 17.3. The Labute approximate surface area is 186 Å². The van der Waals surface area contributed by atoms with E-state index < -0.39 is 0 Å². The van der Waals surface area contributed by atoms with Gasteiger partial charge in [-0.2, -0.15) is 4.98 Å². The summed E-state index contributed by atoms with van der Waals surface area (Å²) in [7, 11) is 0. The van der Waals surface area contributed by atoms with Gasteiger partial charge in [0.25, 0.3) is 5.91 Å². The lowest BCUT2D eigenvalue weighted by Gasteiger charge is -2.26. The Balaban J connectivity index is 1.61. The van der Waals surface area contributed by atoms with Crippen molar-refractivity contribution >= 4 is 17.5 Å². The molecule has 4 rings (SSSR count). The molecule has 1 aromatic heterocycles. The number of amides is 1. The molecule has 0 saturated heterocycles. The molecule has 0 unspecified atom stereocenters. The molecule has 0 bridgehead atoms. The molecule has 0 atom stereocenters. The van der Waals surface area contributed by atoms with Gasteiger partial charge in [0.15, 0.2) is 0 Å². The molecule has 5 nitrogen and oxygen atoms in total. The van der Waals surface area contributed by atoms with E-state index in [1.54, 1.807) is 17.0 Å². The number of rotatable bonds is 6. The molecule has 0 radical (unpaired) electrons. The summed E-state index contributed by atoms with van der Waals surface area (Å²) in [5.74, 6) is 0.761. The molecule has 0 N–H and O–H groups in total. The number of hydrogen-bond donors (Lipinski definition) is 0. The maximum absolute atomic E-state index is 13.5. The summed E-state index contributed by atoms with van der Waals surface area (Å²) in [6, 6.07) is 24.7. The van der Waals surface area contributed by atoms with E-state index in [-0.39, 0.29) is 18.5 Å². The summed E-state index contributed by atoms with van der Waals surface area (Å²) >= 11 is 5.95.